The number of carbonyl (C=O) groups excluding carboxylic acids is 1. The summed E-state index contributed by atoms with van der Waals surface area (Å²) >= 11 is 0. The molecule has 0 radical (unpaired) electrons. The minimum atomic E-state index is -3.98. The molecular weight excluding hydrogens is 404 g/mol. The lowest BCUT2D eigenvalue weighted by atomic mass is 10.3. The summed E-state index contributed by atoms with van der Waals surface area (Å²) < 4.78 is 38.0. The monoisotopic (exact) mass is 426 g/mol. The maximum Gasteiger partial charge on any atom is 0.264 e. The van der Waals surface area contributed by atoms with Gasteiger partial charge in [0.15, 0.2) is 0 Å². The maximum absolute atomic E-state index is 13.3. The van der Waals surface area contributed by atoms with E-state index in [-0.39, 0.29) is 4.90 Å². The van der Waals surface area contributed by atoms with Crippen molar-refractivity contribution in [2.75, 3.05) is 30.4 Å². The van der Waals surface area contributed by atoms with Crippen LogP contribution in [0.25, 0.3) is 0 Å². The summed E-state index contributed by atoms with van der Waals surface area (Å²) in [5.74, 6) is 0.553. The molecule has 0 saturated carbocycles. The number of amides is 1. The minimum absolute atomic E-state index is 0.0888. The Morgan fingerprint density at radius 2 is 1.50 bits per heavy atom. The zero-order chi connectivity index (χ0) is 21.6. The van der Waals surface area contributed by atoms with Gasteiger partial charge >= 0.3 is 0 Å². The highest BCUT2D eigenvalue weighted by Gasteiger charge is 2.27. The van der Waals surface area contributed by atoms with Gasteiger partial charge in [-0.2, -0.15) is 0 Å². The van der Waals surface area contributed by atoms with E-state index < -0.39 is 22.5 Å². The first-order valence-electron chi connectivity index (χ1n) is 9.10. The van der Waals surface area contributed by atoms with Gasteiger partial charge in [0.05, 0.1) is 30.5 Å². The van der Waals surface area contributed by atoms with Crippen LogP contribution in [-0.4, -0.2) is 35.1 Å². The average Bonchev–Trinajstić information content (AvgIpc) is 2.78. The number of benzene rings is 3. The molecule has 0 aromatic heterocycles. The van der Waals surface area contributed by atoms with Crippen molar-refractivity contribution >= 4 is 27.3 Å². The first kappa shape index (κ1) is 21.2. The molecule has 7 nitrogen and oxygen atoms in total. The maximum atomic E-state index is 13.3. The number of methoxy groups -OCH3 is 2. The first-order valence-corrected chi connectivity index (χ1v) is 10.5. The van der Waals surface area contributed by atoms with Crippen LogP contribution < -0.4 is 19.1 Å². The van der Waals surface area contributed by atoms with E-state index in [9.17, 15) is 13.2 Å². The second-order valence-electron chi connectivity index (χ2n) is 6.27. The Kier molecular flexibility index (Phi) is 6.58. The summed E-state index contributed by atoms with van der Waals surface area (Å²) in [7, 11) is -0.960. The van der Waals surface area contributed by atoms with Crippen LogP contribution in [0.4, 0.5) is 11.4 Å². The molecule has 3 aromatic rings. The lowest BCUT2D eigenvalue weighted by molar-refractivity contribution is -0.114. The smallest absolute Gasteiger partial charge is 0.264 e. The second-order valence-corrected chi connectivity index (χ2v) is 8.13. The molecule has 3 aromatic carbocycles. The molecule has 1 amide bonds. The number of carbonyl (C=O) groups is 1. The van der Waals surface area contributed by atoms with Gasteiger partial charge in [-0.25, -0.2) is 8.42 Å². The van der Waals surface area contributed by atoms with Crippen molar-refractivity contribution in [2.24, 2.45) is 0 Å². The topological polar surface area (TPSA) is 84.9 Å². The SMILES string of the molecule is COc1ccc(N(CC(=O)Nc2ccccc2OC)S(=O)(=O)c2ccccc2)cc1. The van der Waals surface area contributed by atoms with Crippen molar-refractivity contribution in [1.82, 2.24) is 0 Å². The van der Waals surface area contributed by atoms with E-state index >= 15 is 0 Å². The normalized spacial score (nSPS) is 10.9. The lowest BCUT2D eigenvalue weighted by Gasteiger charge is -2.24. The number of nitrogens with one attached hydrogen (secondary N) is 1. The Bertz CT molecular complexity index is 1100. The van der Waals surface area contributed by atoms with E-state index in [0.29, 0.717) is 22.9 Å². The van der Waals surface area contributed by atoms with Crippen molar-refractivity contribution < 1.29 is 22.7 Å². The second kappa shape index (κ2) is 9.32. The van der Waals surface area contributed by atoms with Crippen molar-refractivity contribution in [3.8, 4) is 11.5 Å². The fourth-order valence-corrected chi connectivity index (χ4v) is 4.29. The number of rotatable bonds is 8. The Balaban J connectivity index is 1.94. The highest BCUT2D eigenvalue weighted by molar-refractivity contribution is 7.92. The molecule has 0 aliphatic heterocycles. The largest absolute Gasteiger partial charge is 0.497 e. The van der Waals surface area contributed by atoms with Gasteiger partial charge in [0.2, 0.25) is 5.91 Å². The van der Waals surface area contributed by atoms with Crippen molar-refractivity contribution in [2.45, 2.75) is 4.90 Å². The third kappa shape index (κ3) is 4.72. The summed E-state index contributed by atoms with van der Waals surface area (Å²) in [6.45, 7) is -0.415. The van der Waals surface area contributed by atoms with Gasteiger partial charge in [-0.05, 0) is 48.5 Å². The molecular formula is C22H22N2O5S. The minimum Gasteiger partial charge on any atom is -0.497 e. The van der Waals surface area contributed by atoms with Gasteiger partial charge in [-0.1, -0.05) is 30.3 Å². The van der Waals surface area contributed by atoms with E-state index in [1.807, 2.05) is 0 Å². The highest BCUT2D eigenvalue weighted by Crippen LogP contribution is 2.27. The number of hydrogen-bond acceptors (Lipinski definition) is 5. The number of ether oxygens (including phenoxy) is 2. The lowest BCUT2D eigenvalue weighted by Crippen LogP contribution is -2.38. The first-order chi connectivity index (χ1) is 14.5. The molecule has 156 valence electrons. The van der Waals surface area contributed by atoms with Gasteiger partial charge in [-0.15, -0.1) is 0 Å². The summed E-state index contributed by atoms with van der Waals surface area (Å²) in [6.07, 6.45) is 0. The molecule has 3 rings (SSSR count). The van der Waals surface area contributed by atoms with Crippen LogP contribution >= 0.6 is 0 Å². The van der Waals surface area contributed by atoms with Crippen molar-refractivity contribution in [1.29, 1.82) is 0 Å². The van der Waals surface area contributed by atoms with E-state index in [1.54, 1.807) is 66.7 Å². The number of para-hydroxylation sites is 2. The molecule has 0 spiro atoms. The van der Waals surface area contributed by atoms with E-state index in [0.717, 1.165) is 4.31 Å². The van der Waals surface area contributed by atoms with Crippen LogP contribution in [0, 0.1) is 0 Å². The summed E-state index contributed by atoms with van der Waals surface area (Å²) in [6, 6.07) is 21.4. The number of sulfonamides is 1. The molecule has 0 bridgehead atoms. The van der Waals surface area contributed by atoms with Crippen LogP contribution in [-0.2, 0) is 14.8 Å². The van der Waals surface area contributed by atoms with Crippen LogP contribution in [0.3, 0.4) is 0 Å². The van der Waals surface area contributed by atoms with Gasteiger partial charge in [0.25, 0.3) is 10.0 Å². The van der Waals surface area contributed by atoms with Crippen molar-refractivity contribution in [3.05, 3.63) is 78.9 Å². The van der Waals surface area contributed by atoms with Crippen LogP contribution in [0.1, 0.15) is 0 Å². The predicted octanol–water partition coefficient (Wildman–Crippen LogP) is 3.54. The third-order valence-corrected chi connectivity index (χ3v) is 6.15. The Morgan fingerprint density at radius 1 is 0.867 bits per heavy atom. The number of anilines is 2. The molecule has 0 heterocycles. The van der Waals surface area contributed by atoms with E-state index in [2.05, 4.69) is 5.32 Å². The van der Waals surface area contributed by atoms with Gasteiger partial charge in [-0.3, -0.25) is 9.10 Å². The summed E-state index contributed by atoms with van der Waals surface area (Å²) in [4.78, 5) is 12.9. The zero-order valence-electron chi connectivity index (χ0n) is 16.6. The van der Waals surface area contributed by atoms with Crippen molar-refractivity contribution in [3.63, 3.8) is 0 Å². The van der Waals surface area contributed by atoms with Gasteiger partial charge < -0.3 is 14.8 Å². The zero-order valence-corrected chi connectivity index (χ0v) is 17.4. The molecule has 0 aliphatic carbocycles. The van der Waals surface area contributed by atoms with E-state index in [4.69, 9.17) is 9.47 Å². The predicted molar refractivity (Wildman–Crippen MR) is 116 cm³/mol. The standard InChI is InChI=1S/C22H22N2O5S/c1-28-18-14-12-17(13-15-18)24(30(26,27)19-8-4-3-5-9-19)16-22(25)23-20-10-6-7-11-21(20)29-2/h3-15H,16H2,1-2H3,(H,23,25). The number of hydrogen-bond donors (Lipinski definition) is 1. The van der Waals surface area contributed by atoms with Crippen LogP contribution in [0.5, 0.6) is 11.5 Å². The molecule has 0 saturated heterocycles. The van der Waals surface area contributed by atoms with E-state index in [1.165, 1.54) is 26.4 Å². The molecule has 30 heavy (non-hydrogen) atoms. The fraction of sp³-hybridized carbons (Fsp3) is 0.136. The van der Waals surface area contributed by atoms with Gasteiger partial charge in [0.1, 0.15) is 18.0 Å². The van der Waals surface area contributed by atoms with Crippen LogP contribution in [0.2, 0.25) is 0 Å². The Morgan fingerprint density at radius 3 is 2.13 bits per heavy atom. The fourth-order valence-electron chi connectivity index (χ4n) is 2.85. The third-order valence-electron chi connectivity index (χ3n) is 4.36. The highest BCUT2D eigenvalue weighted by atomic mass is 32.2. The Hall–Kier alpha value is -3.52. The molecule has 0 unspecified atom stereocenters. The molecule has 0 fully saturated rings. The molecule has 0 atom stereocenters. The average molecular weight is 426 g/mol. The quantitative estimate of drug-likeness (QED) is 0.596. The van der Waals surface area contributed by atoms with Gasteiger partial charge in [0, 0.05) is 0 Å². The molecule has 1 N–H and O–H groups in total. The van der Waals surface area contributed by atoms with Crippen LogP contribution in [0.15, 0.2) is 83.8 Å². The number of nitrogens with zero attached hydrogens (tertiary/aromatic N) is 1. The Labute approximate surface area is 175 Å². The summed E-state index contributed by atoms with van der Waals surface area (Å²) in [5, 5.41) is 2.71. The molecule has 8 heteroatoms. The summed E-state index contributed by atoms with van der Waals surface area (Å²) in [5.41, 5.74) is 0.798. The molecule has 0 aliphatic rings.